The molecular weight excluding hydrogens is 233 g/mol. The lowest BCUT2D eigenvalue weighted by Gasteiger charge is -1.98. The van der Waals surface area contributed by atoms with Crippen LogP contribution in [0.3, 0.4) is 0 Å². The first-order valence-electron chi connectivity index (χ1n) is 4.49. The third-order valence-corrected chi connectivity index (χ3v) is 3.02. The van der Waals surface area contributed by atoms with Gasteiger partial charge in [-0.25, -0.2) is 0 Å². The molecule has 0 amide bonds. The molecule has 78 valence electrons. The summed E-state index contributed by atoms with van der Waals surface area (Å²) in [5.74, 6) is -0.0112. The predicted octanol–water partition coefficient (Wildman–Crippen LogP) is 3.99. The van der Waals surface area contributed by atoms with Crippen LogP contribution >= 0.6 is 23.2 Å². The van der Waals surface area contributed by atoms with Crippen molar-refractivity contribution in [1.82, 2.24) is 4.98 Å². The minimum absolute atomic E-state index is 0.0112. The van der Waals surface area contributed by atoms with E-state index in [1.165, 1.54) is 6.92 Å². The normalized spacial score (nSPS) is 10.9. The summed E-state index contributed by atoms with van der Waals surface area (Å²) in [7, 11) is 0. The molecular formula is C11H9Cl2NO. The van der Waals surface area contributed by atoms with Crippen molar-refractivity contribution in [2.75, 3.05) is 0 Å². The SMILES string of the molecule is CC(=O)c1c(C)[nH]c2c(Cl)ccc(Cl)c12. The molecule has 1 N–H and O–H groups in total. The molecule has 1 heterocycles. The van der Waals surface area contributed by atoms with Gasteiger partial charge in [0.1, 0.15) is 0 Å². The Bertz CT molecular complexity index is 557. The van der Waals surface area contributed by atoms with Crippen LogP contribution in [0.15, 0.2) is 12.1 Å². The Balaban J connectivity index is 2.98. The summed E-state index contributed by atoms with van der Waals surface area (Å²) in [6, 6.07) is 3.41. The largest absolute Gasteiger partial charge is 0.357 e. The van der Waals surface area contributed by atoms with E-state index >= 15 is 0 Å². The zero-order valence-electron chi connectivity index (χ0n) is 8.32. The fourth-order valence-corrected chi connectivity index (χ4v) is 2.25. The summed E-state index contributed by atoms with van der Waals surface area (Å²) in [6.45, 7) is 3.36. The number of Topliss-reactive ketones (excluding diaryl/α,β-unsaturated/α-hetero) is 1. The number of aromatic amines is 1. The molecule has 0 fully saturated rings. The highest BCUT2D eigenvalue weighted by Crippen LogP contribution is 2.33. The highest BCUT2D eigenvalue weighted by molar-refractivity contribution is 6.41. The zero-order valence-corrected chi connectivity index (χ0v) is 9.83. The van der Waals surface area contributed by atoms with Crippen LogP contribution in [-0.2, 0) is 0 Å². The van der Waals surface area contributed by atoms with Crippen molar-refractivity contribution in [2.24, 2.45) is 0 Å². The molecule has 2 aromatic rings. The van der Waals surface area contributed by atoms with E-state index in [4.69, 9.17) is 23.2 Å². The van der Waals surface area contributed by atoms with Crippen LogP contribution in [0.25, 0.3) is 10.9 Å². The number of hydrogen-bond donors (Lipinski definition) is 1. The molecule has 0 unspecified atom stereocenters. The van der Waals surface area contributed by atoms with Crippen LogP contribution in [0.2, 0.25) is 10.0 Å². The molecule has 4 heteroatoms. The Morgan fingerprint density at radius 2 is 1.87 bits per heavy atom. The highest BCUT2D eigenvalue weighted by atomic mass is 35.5. The molecule has 0 saturated carbocycles. The van der Waals surface area contributed by atoms with Crippen molar-refractivity contribution >= 4 is 39.9 Å². The van der Waals surface area contributed by atoms with Gasteiger partial charge in [-0.1, -0.05) is 23.2 Å². The molecule has 1 aromatic heterocycles. The van der Waals surface area contributed by atoms with Gasteiger partial charge in [0.15, 0.2) is 5.78 Å². The first kappa shape index (κ1) is 10.5. The number of ketones is 1. The molecule has 0 aliphatic heterocycles. The van der Waals surface area contributed by atoms with Crippen molar-refractivity contribution in [3.63, 3.8) is 0 Å². The molecule has 0 aliphatic rings. The maximum absolute atomic E-state index is 11.5. The van der Waals surface area contributed by atoms with Crippen molar-refractivity contribution in [2.45, 2.75) is 13.8 Å². The number of H-pyrrole nitrogens is 1. The molecule has 0 aliphatic carbocycles. The number of aryl methyl sites for hydroxylation is 1. The standard InChI is InChI=1S/C11H9Cl2NO/c1-5-9(6(2)15)10-7(12)3-4-8(13)11(10)14-5/h3-4,14H,1-2H3. The third-order valence-electron chi connectivity index (χ3n) is 2.39. The first-order chi connectivity index (χ1) is 7.02. The minimum Gasteiger partial charge on any atom is -0.357 e. The van der Waals surface area contributed by atoms with Gasteiger partial charge in [-0.2, -0.15) is 0 Å². The summed E-state index contributed by atoms with van der Waals surface area (Å²) < 4.78 is 0. The summed E-state index contributed by atoms with van der Waals surface area (Å²) in [6.07, 6.45) is 0. The maximum Gasteiger partial charge on any atom is 0.162 e. The Morgan fingerprint density at radius 1 is 1.27 bits per heavy atom. The van der Waals surface area contributed by atoms with Crippen LogP contribution < -0.4 is 0 Å². The fraction of sp³-hybridized carbons (Fsp3) is 0.182. The first-order valence-corrected chi connectivity index (χ1v) is 5.25. The monoisotopic (exact) mass is 241 g/mol. The lowest BCUT2D eigenvalue weighted by Crippen LogP contribution is -1.93. The average molecular weight is 242 g/mol. The van der Waals surface area contributed by atoms with Gasteiger partial charge in [0.05, 0.1) is 15.6 Å². The topological polar surface area (TPSA) is 32.9 Å². The van der Waals surface area contributed by atoms with Crippen LogP contribution in [0, 0.1) is 6.92 Å². The van der Waals surface area contributed by atoms with Crippen molar-refractivity contribution in [1.29, 1.82) is 0 Å². The number of carbonyl (C=O) groups is 1. The molecule has 1 aromatic carbocycles. The molecule has 0 bridgehead atoms. The van der Waals surface area contributed by atoms with Crippen molar-refractivity contribution < 1.29 is 4.79 Å². The molecule has 0 spiro atoms. The molecule has 0 atom stereocenters. The van der Waals surface area contributed by atoms with Gasteiger partial charge in [0.25, 0.3) is 0 Å². The number of nitrogens with one attached hydrogen (secondary N) is 1. The lowest BCUT2D eigenvalue weighted by molar-refractivity contribution is 0.101. The Hall–Kier alpha value is -0.990. The van der Waals surface area contributed by atoms with Crippen LogP contribution in [-0.4, -0.2) is 10.8 Å². The number of aromatic nitrogens is 1. The van der Waals surface area contributed by atoms with E-state index in [0.29, 0.717) is 21.0 Å². The fourth-order valence-electron chi connectivity index (χ4n) is 1.80. The Kier molecular flexibility index (Phi) is 2.49. The van der Waals surface area contributed by atoms with Gasteiger partial charge in [-0.3, -0.25) is 4.79 Å². The maximum atomic E-state index is 11.5. The third kappa shape index (κ3) is 1.54. The molecule has 15 heavy (non-hydrogen) atoms. The average Bonchev–Trinajstić information content (AvgIpc) is 2.50. The second kappa shape index (κ2) is 3.54. The van der Waals surface area contributed by atoms with E-state index in [9.17, 15) is 4.79 Å². The number of rotatable bonds is 1. The highest BCUT2D eigenvalue weighted by Gasteiger charge is 2.16. The van der Waals surface area contributed by atoms with Gasteiger partial charge in [0.2, 0.25) is 0 Å². The summed E-state index contributed by atoms with van der Waals surface area (Å²) in [5, 5.41) is 1.84. The van der Waals surface area contributed by atoms with E-state index < -0.39 is 0 Å². The molecule has 0 radical (unpaired) electrons. The van der Waals surface area contributed by atoms with Crippen LogP contribution in [0.1, 0.15) is 23.0 Å². The number of fused-ring (bicyclic) bond motifs is 1. The lowest BCUT2D eigenvalue weighted by atomic mass is 10.1. The second-order valence-corrected chi connectivity index (χ2v) is 4.27. The number of benzene rings is 1. The minimum atomic E-state index is -0.0112. The zero-order chi connectivity index (χ0) is 11.2. The number of carbonyl (C=O) groups excluding carboxylic acids is 1. The smallest absolute Gasteiger partial charge is 0.162 e. The molecule has 2 nitrogen and oxygen atoms in total. The molecule has 0 saturated heterocycles. The predicted molar refractivity (Wildman–Crippen MR) is 63.1 cm³/mol. The van der Waals surface area contributed by atoms with E-state index in [2.05, 4.69) is 4.98 Å². The number of halogens is 2. The van der Waals surface area contributed by atoms with E-state index in [1.54, 1.807) is 12.1 Å². The van der Waals surface area contributed by atoms with Crippen molar-refractivity contribution in [3.05, 3.63) is 33.4 Å². The Labute approximate surface area is 97.2 Å². The number of hydrogen-bond acceptors (Lipinski definition) is 1. The van der Waals surface area contributed by atoms with Gasteiger partial charge in [-0.05, 0) is 26.0 Å². The van der Waals surface area contributed by atoms with Gasteiger partial charge in [-0.15, -0.1) is 0 Å². The summed E-state index contributed by atoms with van der Waals surface area (Å²) >= 11 is 12.1. The summed E-state index contributed by atoms with van der Waals surface area (Å²) in [5.41, 5.74) is 2.15. The second-order valence-electron chi connectivity index (χ2n) is 3.46. The Morgan fingerprint density at radius 3 is 2.47 bits per heavy atom. The summed E-state index contributed by atoms with van der Waals surface area (Å²) in [4.78, 5) is 14.6. The quantitative estimate of drug-likeness (QED) is 0.753. The molecule has 2 rings (SSSR count). The van der Waals surface area contributed by atoms with E-state index in [1.807, 2.05) is 6.92 Å². The van der Waals surface area contributed by atoms with Gasteiger partial charge < -0.3 is 4.98 Å². The van der Waals surface area contributed by atoms with E-state index in [-0.39, 0.29) is 5.78 Å². The van der Waals surface area contributed by atoms with Gasteiger partial charge in [0, 0.05) is 16.6 Å². The van der Waals surface area contributed by atoms with Crippen LogP contribution in [0.5, 0.6) is 0 Å². The van der Waals surface area contributed by atoms with E-state index in [0.717, 1.165) is 11.2 Å². The van der Waals surface area contributed by atoms with Crippen LogP contribution in [0.4, 0.5) is 0 Å². The van der Waals surface area contributed by atoms with Crippen molar-refractivity contribution in [3.8, 4) is 0 Å². The van der Waals surface area contributed by atoms with Gasteiger partial charge >= 0.3 is 0 Å².